The largest absolute Gasteiger partial charge is 0.384 e. The first kappa shape index (κ1) is 20.5. The van der Waals surface area contributed by atoms with Gasteiger partial charge in [0.2, 0.25) is 9.84 Å². The third-order valence-electron chi connectivity index (χ3n) is 5.55. The molecule has 0 aliphatic rings. The Morgan fingerprint density at radius 3 is 2.12 bits per heavy atom. The van der Waals surface area contributed by atoms with Crippen molar-refractivity contribution >= 4 is 49.5 Å². The van der Waals surface area contributed by atoms with Crippen molar-refractivity contribution < 1.29 is 8.42 Å². The van der Waals surface area contributed by atoms with Crippen molar-refractivity contribution in [3.8, 4) is 0 Å². The van der Waals surface area contributed by atoms with Gasteiger partial charge in [-0.3, -0.25) is 0 Å². The number of para-hydroxylation sites is 2. The molecule has 2 N–H and O–H groups in total. The molecule has 160 valence electrons. The molecule has 0 radical (unpaired) electrons. The number of hydrogen-bond acceptors (Lipinski definition) is 5. The Hall–Kier alpha value is -3.42. The summed E-state index contributed by atoms with van der Waals surface area (Å²) in [6.45, 7) is 1.96. The van der Waals surface area contributed by atoms with Crippen LogP contribution in [0.3, 0.4) is 0 Å². The molecule has 5 rings (SSSR count). The molecule has 2 aromatic heterocycles. The van der Waals surface area contributed by atoms with Gasteiger partial charge in [-0.1, -0.05) is 54.1 Å². The number of anilines is 1. The fraction of sp³-hybridized carbons (Fsp3) is 0.0833. The van der Waals surface area contributed by atoms with Crippen LogP contribution in [0.5, 0.6) is 0 Å². The summed E-state index contributed by atoms with van der Waals surface area (Å²) in [6.07, 6.45) is 0. The highest BCUT2D eigenvalue weighted by atomic mass is 35.5. The van der Waals surface area contributed by atoms with E-state index in [9.17, 15) is 8.42 Å². The molecule has 0 saturated heterocycles. The van der Waals surface area contributed by atoms with Crippen molar-refractivity contribution in [3.63, 3.8) is 0 Å². The van der Waals surface area contributed by atoms with Crippen LogP contribution in [0, 0.1) is 0 Å². The van der Waals surface area contributed by atoms with Gasteiger partial charge in [-0.25, -0.2) is 18.4 Å². The number of aromatic nitrogens is 3. The molecule has 0 aliphatic carbocycles. The number of halogens is 1. The summed E-state index contributed by atoms with van der Waals surface area (Å²) >= 11 is 5.97. The smallest absolute Gasteiger partial charge is 0.212 e. The molecule has 0 unspecified atom stereocenters. The van der Waals surface area contributed by atoms with Crippen LogP contribution in [0.15, 0.2) is 88.7 Å². The topological polar surface area (TPSA) is 90.9 Å². The summed E-state index contributed by atoms with van der Waals surface area (Å²) in [4.78, 5) is 9.48. The third-order valence-corrected chi connectivity index (χ3v) is 7.63. The number of hydrogen-bond donors (Lipinski definition) is 1. The lowest BCUT2D eigenvalue weighted by Crippen LogP contribution is -2.12. The summed E-state index contributed by atoms with van der Waals surface area (Å²) in [5.41, 5.74) is 9.45. The molecule has 0 aliphatic heterocycles. The van der Waals surface area contributed by atoms with Crippen LogP contribution in [0.2, 0.25) is 5.02 Å². The molecular weight excluding hydrogens is 444 g/mol. The van der Waals surface area contributed by atoms with Crippen molar-refractivity contribution in [3.05, 3.63) is 89.4 Å². The molecule has 0 fully saturated rings. The Labute approximate surface area is 190 Å². The van der Waals surface area contributed by atoms with Gasteiger partial charge in [-0.15, -0.1) is 0 Å². The highest BCUT2D eigenvalue weighted by molar-refractivity contribution is 7.92. The normalized spacial score (nSPS) is 12.9. The number of nitrogen functional groups attached to an aromatic ring is 1. The van der Waals surface area contributed by atoms with E-state index in [1.165, 1.54) is 24.3 Å². The lowest BCUT2D eigenvalue weighted by Gasteiger charge is -2.17. The van der Waals surface area contributed by atoms with Crippen LogP contribution < -0.4 is 5.73 Å². The molecule has 32 heavy (non-hydrogen) atoms. The summed E-state index contributed by atoms with van der Waals surface area (Å²) < 4.78 is 29.1. The van der Waals surface area contributed by atoms with E-state index in [0.29, 0.717) is 21.7 Å². The Bertz CT molecular complexity index is 1560. The molecule has 5 aromatic rings. The number of benzene rings is 3. The quantitative estimate of drug-likeness (QED) is 0.393. The monoisotopic (exact) mass is 462 g/mol. The van der Waals surface area contributed by atoms with E-state index in [0.717, 1.165) is 5.56 Å². The maximum Gasteiger partial charge on any atom is 0.212 e. The van der Waals surface area contributed by atoms with Gasteiger partial charge in [0.05, 0.1) is 22.0 Å². The minimum Gasteiger partial charge on any atom is -0.384 e. The fourth-order valence-corrected chi connectivity index (χ4v) is 5.55. The number of fused-ring (bicyclic) bond motifs is 2. The Balaban J connectivity index is 1.86. The van der Waals surface area contributed by atoms with Gasteiger partial charge in [0.25, 0.3) is 0 Å². The Kier molecular flexibility index (Phi) is 4.87. The van der Waals surface area contributed by atoms with Crippen molar-refractivity contribution in [2.45, 2.75) is 22.8 Å². The van der Waals surface area contributed by atoms with Crippen LogP contribution in [-0.2, 0) is 9.84 Å². The van der Waals surface area contributed by atoms with Gasteiger partial charge < -0.3 is 10.3 Å². The van der Waals surface area contributed by atoms with E-state index in [4.69, 9.17) is 22.3 Å². The fourth-order valence-electron chi connectivity index (χ4n) is 3.93. The number of nitrogens with zero attached hydrogens (tertiary/aromatic N) is 3. The first-order valence-corrected chi connectivity index (χ1v) is 11.9. The zero-order valence-corrected chi connectivity index (χ0v) is 18.7. The first-order valence-electron chi connectivity index (χ1n) is 9.99. The summed E-state index contributed by atoms with van der Waals surface area (Å²) in [7, 11) is -3.98. The van der Waals surface area contributed by atoms with Gasteiger partial charge in [0.1, 0.15) is 16.2 Å². The minimum atomic E-state index is -3.98. The second-order valence-electron chi connectivity index (χ2n) is 7.51. The summed E-state index contributed by atoms with van der Waals surface area (Å²) in [5, 5.41) is 0.447. The zero-order valence-electron chi connectivity index (χ0n) is 17.1. The van der Waals surface area contributed by atoms with Crippen LogP contribution >= 0.6 is 11.6 Å². The molecule has 6 nitrogen and oxygen atoms in total. The highest BCUT2D eigenvalue weighted by Gasteiger charge is 2.31. The molecule has 1 atom stereocenters. The predicted molar refractivity (Wildman–Crippen MR) is 127 cm³/mol. The van der Waals surface area contributed by atoms with Crippen LogP contribution in [0.25, 0.3) is 22.2 Å². The second-order valence-corrected chi connectivity index (χ2v) is 9.84. The van der Waals surface area contributed by atoms with E-state index in [-0.39, 0.29) is 27.2 Å². The van der Waals surface area contributed by atoms with Crippen molar-refractivity contribution in [1.82, 2.24) is 14.5 Å². The van der Waals surface area contributed by atoms with Gasteiger partial charge in [-0.05, 0) is 48.9 Å². The minimum absolute atomic E-state index is 0.0455. The number of rotatable bonds is 4. The van der Waals surface area contributed by atoms with E-state index >= 15 is 0 Å². The highest BCUT2D eigenvalue weighted by Crippen LogP contribution is 2.38. The molecule has 2 heterocycles. The number of nitrogens with two attached hydrogens (primary N) is 1. The Morgan fingerprint density at radius 1 is 0.875 bits per heavy atom. The van der Waals surface area contributed by atoms with E-state index < -0.39 is 9.84 Å². The zero-order chi connectivity index (χ0) is 22.5. The Morgan fingerprint density at radius 2 is 1.47 bits per heavy atom. The summed E-state index contributed by atoms with van der Waals surface area (Å²) in [6, 6.07) is 22.8. The van der Waals surface area contributed by atoms with Gasteiger partial charge >= 0.3 is 0 Å². The summed E-state index contributed by atoms with van der Waals surface area (Å²) in [5.74, 6) is 0.0987. The van der Waals surface area contributed by atoms with Gasteiger partial charge in [0, 0.05) is 5.02 Å². The van der Waals surface area contributed by atoms with E-state index in [2.05, 4.69) is 4.98 Å². The van der Waals surface area contributed by atoms with E-state index in [1.807, 2.05) is 55.5 Å². The van der Waals surface area contributed by atoms with Crippen LogP contribution in [-0.4, -0.2) is 23.0 Å². The molecule has 0 saturated carbocycles. The number of sulfone groups is 1. The van der Waals surface area contributed by atoms with Crippen LogP contribution in [0.4, 0.5) is 5.82 Å². The average molecular weight is 463 g/mol. The van der Waals surface area contributed by atoms with Crippen molar-refractivity contribution in [2.24, 2.45) is 0 Å². The molecular formula is C24H19ClN4O2S. The lowest BCUT2D eigenvalue weighted by atomic mass is 10.1. The van der Waals surface area contributed by atoms with Crippen LogP contribution in [0.1, 0.15) is 18.5 Å². The van der Waals surface area contributed by atoms with Crippen molar-refractivity contribution in [1.29, 1.82) is 0 Å². The van der Waals surface area contributed by atoms with E-state index in [1.54, 1.807) is 10.6 Å². The molecule has 0 amide bonds. The maximum atomic E-state index is 13.7. The third kappa shape index (κ3) is 3.21. The maximum absolute atomic E-state index is 13.7. The molecule has 3 aromatic carbocycles. The van der Waals surface area contributed by atoms with Gasteiger partial charge in [-0.2, -0.15) is 0 Å². The SMILES string of the molecule is C[C@H](c1ccccc1)n1c(N)c(S(=O)(=O)c2ccc(Cl)cc2)c2nc3ccccc3nc21. The predicted octanol–water partition coefficient (Wildman–Crippen LogP) is 5.26. The molecule has 0 bridgehead atoms. The standard InChI is InChI=1S/C24H19ClN4O2S/c1-15(16-7-3-2-4-8-16)29-23(26)22(32(30,31)18-13-11-17(25)12-14-18)21-24(29)28-20-10-6-5-9-19(20)27-21/h2-15H,26H2,1H3/t15-/m1/s1. The molecule has 8 heteroatoms. The van der Waals surface area contributed by atoms with Crippen molar-refractivity contribution in [2.75, 3.05) is 5.73 Å². The lowest BCUT2D eigenvalue weighted by molar-refractivity contribution is 0.596. The average Bonchev–Trinajstić information content (AvgIpc) is 3.09. The van der Waals surface area contributed by atoms with Gasteiger partial charge in [0.15, 0.2) is 5.65 Å². The first-order chi connectivity index (χ1) is 15.4. The molecule has 0 spiro atoms. The second kappa shape index (κ2) is 7.62.